The summed E-state index contributed by atoms with van der Waals surface area (Å²) in [4.78, 5) is 13.1. The summed E-state index contributed by atoms with van der Waals surface area (Å²) in [5, 5.41) is 2.84. The molecule has 0 atom stereocenters. The monoisotopic (exact) mass is 439 g/mol. The molecule has 31 heavy (non-hydrogen) atoms. The molecule has 7 nitrogen and oxygen atoms in total. The second-order valence-electron chi connectivity index (χ2n) is 7.65. The predicted molar refractivity (Wildman–Crippen MR) is 119 cm³/mol. The van der Waals surface area contributed by atoms with Gasteiger partial charge in [-0.25, -0.2) is 8.42 Å². The molecule has 1 aromatic heterocycles. The van der Waals surface area contributed by atoms with E-state index in [4.69, 9.17) is 4.74 Å². The number of aromatic nitrogens is 1. The maximum Gasteiger partial charge on any atom is 0.272 e. The molecule has 0 aliphatic carbocycles. The molecule has 1 amide bonds. The largest absolute Gasteiger partial charge is 0.455 e. The normalized spacial score (nSPS) is 14.5. The summed E-state index contributed by atoms with van der Waals surface area (Å²) < 4.78 is 34.6. The Morgan fingerprint density at radius 1 is 1.03 bits per heavy atom. The maximum absolute atomic E-state index is 12.9. The van der Waals surface area contributed by atoms with Gasteiger partial charge in [-0.15, -0.1) is 0 Å². The van der Waals surface area contributed by atoms with E-state index < -0.39 is 15.9 Å². The van der Waals surface area contributed by atoms with Gasteiger partial charge in [-0.3, -0.25) is 4.79 Å². The van der Waals surface area contributed by atoms with E-state index >= 15 is 0 Å². The fraction of sp³-hybridized carbons (Fsp3) is 0.261. The van der Waals surface area contributed by atoms with Crippen LogP contribution in [0, 0.1) is 6.92 Å². The first kappa shape index (κ1) is 21.1. The third-order valence-electron chi connectivity index (χ3n) is 5.30. The van der Waals surface area contributed by atoms with Crippen LogP contribution in [-0.2, 0) is 17.1 Å². The molecular formula is C23H25N3O4S. The van der Waals surface area contributed by atoms with Gasteiger partial charge in [0, 0.05) is 26.3 Å². The number of aryl methyl sites for hydroxylation is 2. The quantitative estimate of drug-likeness (QED) is 0.625. The second-order valence-corrected chi connectivity index (χ2v) is 9.59. The van der Waals surface area contributed by atoms with Crippen molar-refractivity contribution in [2.75, 3.05) is 18.4 Å². The van der Waals surface area contributed by atoms with Gasteiger partial charge in [0.1, 0.15) is 16.3 Å². The highest BCUT2D eigenvalue weighted by Gasteiger charge is 2.29. The van der Waals surface area contributed by atoms with Gasteiger partial charge in [-0.1, -0.05) is 29.8 Å². The minimum atomic E-state index is -3.59. The van der Waals surface area contributed by atoms with E-state index in [0.29, 0.717) is 30.3 Å². The molecule has 1 fully saturated rings. The van der Waals surface area contributed by atoms with E-state index in [9.17, 15) is 13.2 Å². The van der Waals surface area contributed by atoms with Gasteiger partial charge in [0.25, 0.3) is 5.91 Å². The van der Waals surface area contributed by atoms with Crippen LogP contribution in [0.3, 0.4) is 0 Å². The number of para-hydroxylation sites is 2. The molecule has 3 aromatic rings. The minimum absolute atomic E-state index is 0.131. The molecule has 1 aliphatic rings. The number of sulfonamides is 1. The number of ether oxygens (including phenoxy) is 1. The van der Waals surface area contributed by atoms with Crippen LogP contribution in [-0.4, -0.2) is 36.3 Å². The first-order valence-electron chi connectivity index (χ1n) is 10.2. The van der Waals surface area contributed by atoms with E-state index in [0.717, 1.165) is 18.4 Å². The van der Waals surface area contributed by atoms with Crippen LogP contribution in [0.2, 0.25) is 0 Å². The molecule has 0 bridgehead atoms. The lowest BCUT2D eigenvalue weighted by Gasteiger charge is -2.13. The summed E-state index contributed by atoms with van der Waals surface area (Å²) in [5.74, 6) is 0.745. The van der Waals surface area contributed by atoms with Crippen molar-refractivity contribution in [3.05, 3.63) is 72.1 Å². The molecule has 0 saturated carbocycles. The zero-order chi connectivity index (χ0) is 22.0. The fourth-order valence-corrected chi connectivity index (χ4v) is 5.15. The number of hydrogen-bond acceptors (Lipinski definition) is 4. The first-order valence-corrected chi connectivity index (χ1v) is 11.6. The first-order chi connectivity index (χ1) is 14.8. The molecule has 0 unspecified atom stereocenters. The number of benzene rings is 2. The fourth-order valence-electron chi connectivity index (χ4n) is 3.56. The van der Waals surface area contributed by atoms with Gasteiger partial charge >= 0.3 is 0 Å². The van der Waals surface area contributed by atoms with Crippen molar-refractivity contribution >= 4 is 21.6 Å². The molecule has 1 aliphatic heterocycles. The van der Waals surface area contributed by atoms with Crippen LogP contribution in [0.15, 0.2) is 65.7 Å². The summed E-state index contributed by atoms with van der Waals surface area (Å²) in [6.45, 7) is 3.03. The van der Waals surface area contributed by atoms with Crippen molar-refractivity contribution in [1.82, 2.24) is 8.87 Å². The maximum atomic E-state index is 12.9. The van der Waals surface area contributed by atoms with Gasteiger partial charge < -0.3 is 14.6 Å². The predicted octanol–water partition coefficient (Wildman–Crippen LogP) is 4.16. The third kappa shape index (κ3) is 4.50. The number of hydrogen-bond donors (Lipinski definition) is 1. The van der Waals surface area contributed by atoms with E-state index in [1.807, 2.05) is 37.3 Å². The summed E-state index contributed by atoms with van der Waals surface area (Å²) >= 11 is 0. The summed E-state index contributed by atoms with van der Waals surface area (Å²) in [6, 6.07) is 16.2. The summed E-state index contributed by atoms with van der Waals surface area (Å²) in [5.41, 5.74) is 1.87. The highest BCUT2D eigenvalue weighted by atomic mass is 32.2. The van der Waals surface area contributed by atoms with Crippen molar-refractivity contribution in [1.29, 1.82) is 0 Å². The number of nitrogens with one attached hydrogen (secondary N) is 1. The Bertz CT molecular complexity index is 1190. The topological polar surface area (TPSA) is 80.6 Å². The van der Waals surface area contributed by atoms with Crippen molar-refractivity contribution in [2.24, 2.45) is 7.05 Å². The molecule has 8 heteroatoms. The Hall–Kier alpha value is -3.10. The number of nitrogens with zero attached hydrogens (tertiary/aromatic N) is 2. The van der Waals surface area contributed by atoms with Gasteiger partial charge in [0.05, 0.1) is 5.69 Å². The Morgan fingerprint density at radius 3 is 2.42 bits per heavy atom. The second kappa shape index (κ2) is 8.56. The average Bonchev–Trinajstić information content (AvgIpc) is 3.42. The lowest BCUT2D eigenvalue weighted by atomic mass is 10.2. The van der Waals surface area contributed by atoms with Crippen molar-refractivity contribution in [2.45, 2.75) is 24.7 Å². The molecule has 4 rings (SSSR count). The Kier molecular flexibility index (Phi) is 5.84. The smallest absolute Gasteiger partial charge is 0.272 e. The zero-order valence-electron chi connectivity index (χ0n) is 17.5. The molecule has 162 valence electrons. The molecule has 1 saturated heterocycles. The lowest BCUT2D eigenvalue weighted by Crippen LogP contribution is -2.27. The Labute approximate surface area is 182 Å². The van der Waals surface area contributed by atoms with E-state index in [1.165, 1.54) is 21.1 Å². The molecule has 0 spiro atoms. The highest BCUT2D eigenvalue weighted by Crippen LogP contribution is 2.30. The zero-order valence-corrected chi connectivity index (χ0v) is 18.4. The molecule has 1 N–H and O–H groups in total. The number of anilines is 1. The summed E-state index contributed by atoms with van der Waals surface area (Å²) in [7, 11) is -1.93. The average molecular weight is 440 g/mol. The van der Waals surface area contributed by atoms with Gasteiger partial charge in [-0.05, 0) is 50.1 Å². The highest BCUT2D eigenvalue weighted by molar-refractivity contribution is 7.89. The number of carbonyl (C=O) groups excluding carboxylic acids is 1. The van der Waals surface area contributed by atoms with Crippen LogP contribution in [0.4, 0.5) is 5.69 Å². The van der Waals surface area contributed by atoms with E-state index in [-0.39, 0.29) is 10.6 Å². The van der Waals surface area contributed by atoms with Crippen molar-refractivity contribution < 1.29 is 17.9 Å². The van der Waals surface area contributed by atoms with Crippen LogP contribution in [0.1, 0.15) is 28.9 Å². The lowest BCUT2D eigenvalue weighted by molar-refractivity contribution is 0.101. The van der Waals surface area contributed by atoms with Crippen LogP contribution >= 0.6 is 0 Å². The van der Waals surface area contributed by atoms with Crippen molar-refractivity contribution in [3.8, 4) is 11.5 Å². The Morgan fingerprint density at radius 2 is 1.71 bits per heavy atom. The van der Waals surface area contributed by atoms with Gasteiger partial charge in [0.2, 0.25) is 10.0 Å². The molecular weight excluding hydrogens is 414 g/mol. The SMILES string of the molecule is Cc1ccc(Oc2ccccc2NC(=O)c2cc(S(=O)(=O)N3CCCC3)cn2C)cc1. The summed E-state index contributed by atoms with van der Waals surface area (Å²) in [6.07, 6.45) is 3.20. The van der Waals surface area contributed by atoms with Gasteiger partial charge in [0.15, 0.2) is 5.75 Å². The van der Waals surface area contributed by atoms with Crippen LogP contribution in [0.25, 0.3) is 0 Å². The number of carbonyl (C=O) groups is 1. The van der Waals surface area contributed by atoms with E-state index in [2.05, 4.69) is 5.32 Å². The number of rotatable bonds is 6. The standard InChI is InChI=1S/C23H25N3O4S/c1-17-9-11-18(12-10-17)30-22-8-4-3-7-20(22)24-23(27)21-15-19(16-25(21)2)31(28,29)26-13-5-6-14-26/h3-4,7-12,15-16H,5-6,13-14H2,1-2H3,(H,24,27). The molecule has 2 heterocycles. The van der Waals surface area contributed by atoms with E-state index in [1.54, 1.807) is 25.2 Å². The number of amides is 1. The van der Waals surface area contributed by atoms with Crippen molar-refractivity contribution in [3.63, 3.8) is 0 Å². The Balaban J connectivity index is 1.55. The van der Waals surface area contributed by atoms with Crippen LogP contribution in [0.5, 0.6) is 11.5 Å². The van der Waals surface area contributed by atoms with Crippen LogP contribution < -0.4 is 10.1 Å². The van der Waals surface area contributed by atoms with Gasteiger partial charge in [-0.2, -0.15) is 4.31 Å². The third-order valence-corrected chi connectivity index (χ3v) is 7.16. The molecule has 2 aromatic carbocycles. The minimum Gasteiger partial charge on any atom is -0.455 e. The molecule has 0 radical (unpaired) electrons.